The van der Waals surface area contributed by atoms with E-state index in [1.54, 1.807) is 29.9 Å². The smallest absolute Gasteiger partial charge is 0.156 e. The number of hydrogen-bond donors (Lipinski definition) is 1. The summed E-state index contributed by atoms with van der Waals surface area (Å²) in [6, 6.07) is 8.11. The first kappa shape index (κ1) is 14.6. The van der Waals surface area contributed by atoms with Crippen LogP contribution in [0.5, 0.6) is 0 Å². The summed E-state index contributed by atoms with van der Waals surface area (Å²) in [5.41, 5.74) is 2.65. The minimum Gasteiger partial charge on any atom is -0.362 e. The predicted octanol–water partition coefficient (Wildman–Crippen LogP) is 3.46. The van der Waals surface area contributed by atoms with Gasteiger partial charge in [-0.25, -0.2) is 4.98 Å². The minimum atomic E-state index is 0.582. The maximum atomic E-state index is 4.60. The molecule has 1 aromatic carbocycles. The first-order valence-electron chi connectivity index (χ1n) is 7.48. The highest BCUT2D eigenvalue weighted by atomic mass is 32.1. The van der Waals surface area contributed by atoms with Crippen molar-refractivity contribution in [2.24, 2.45) is 0 Å². The average Bonchev–Trinajstić information content (AvgIpc) is 3.11. The van der Waals surface area contributed by atoms with E-state index in [9.17, 15) is 0 Å². The van der Waals surface area contributed by atoms with Gasteiger partial charge in [-0.1, -0.05) is 24.3 Å². The van der Waals surface area contributed by atoms with Crippen LogP contribution in [0, 0.1) is 6.92 Å². The third-order valence-electron chi connectivity index (χ3n) is 3.64. The molecule has 4 rings (SSSR count). The van der Waals surface area contributed by atoms with E-state index in [4.69, 9.17) is 0 Å². The molecule has 24 heavy (non-hydrogen) atoms. The maximum Gasteiger partial charge on any atom is 0.156 e. The topological polar surface area (TPSA) is 76.5 Å². The van der Waals surface area contributed by atoms with E-state index in [0.717, 1.165) is 38.7 Å². The molecule has 0 unspecified atom stereocenters. The summed E-state index contributed by atoms with van der Waals surface area (Å²) in [5.74, 6) is 0.769. The summed E-state index contributed by atoms with van der Waals surface area (Å²) in [4.78, 5) is 12.9. The zero-order valence-corrected chi connectivity index (χ0v) is 13.8. The largest absolute Gasteiger partial charge is 0.362 e. The summed E-state index contributed by atoms with van der Waals surface area (Å²) in [5, 5.41) is 16.9. The molecule has 0 fully saturated rings. The average molecular weight is 334 g/mol. The normalized spacial score (nSPS) is 10.9. The summed E-state index contributed by atoms with van der Waals surface area (Å²) >= 11 is 1.55. The highest BCUT2D eigenvalue weighted by Crippen LogP contribution is 2.24. The van der Waals surface area contributed by atoms with Crippen LogP contribution in [0.15, 0.2) is 48.2 Å². The lowest BCUT2D eigenvalue weighted by Gasteiger charge is -2.08. The van der Waals surface area contributed by atoms with Gasteiger partial charge in [-0.2, -0.15) is 5.10 Å². The number of aromatic nitrogens is 5. The fourth-order valence-electron chi connectivity index (χ4n) is 2.46. The third-order valence-corrected chi connectivity index (χ3v) is 4.56. The SMILES string of the molecule is Cc1nnc(NCc2csc(-c3cnccn3)n2)c2ccccc12. The Morgan fingerprint density at radius 3 is 2.79 bits per heavy atom. The molecular weight excluding hydrogens is 320 g/mol. The second-order valence-electron chi connectivity index (χ2n) is 5.27. The summed E-state index contributed by atoms with van der Waals surface area (Å²) in [7, 11) is 0. The summed E-state index contributed by atoms with van der Waals surface area (Å²) in [6.45, 7) is 2.55. The van der Waals surface area contributed by atoms with Gasteiger partial charge in [0.05, 0.1) is 24.1 Å². The van der Waals surface area contributed by atoms with E-state index in [0.29, 0.717) is 6.54 Å². The second-order valence-corrected chi connectivity index (χ2v) is 6.13. The Bertz CT molecular complexity index is 983. The van der Waals surface area contributed by atoms with Crippen LogP contribution in [-0.4, -0.2) is 25.1 Å². The summed E-state index contributed by atoms with van der Waals surface area (Å²) in [6.07, 6.45) is 5.04. The van der Waals surface area contributed by atoms with Crippen molar-refractivity contribution in [1.82, 2.24) is 25.1 Å². The molecule has 4 aromatic rings. The Morgan fingerprint density at radius 2 is 1.96 bits per heavy atom. The van der Waals surface area contributed by atoms with Gasteiger partial charge in [0.1, 0.15) is 10.7 Å². The van der Waals surface area contributed by atoms with E-state index in [1.165, 1.54) is 0 Å². The summed E-state index contributed by atoms with van der Waals surface area (Å²) < 4.78 is 0. The number of anilines is 1. The fraction of sp³-hybridized carbons (Fsp3) is 0.118. The van der Waals surface area contributed by atoms with Crippen molar-refractivity contribution >= 4 is 27.9 Å². The van der Waals surface area contributed by atoms with Crippen LogP contribution in [0.3, 0.4) is 0 Å². The van der Waals surface area contributed by atoms with Crippen LogP contribution >= 0.6 is 11.3 Å². The van der Waals surface area contributed by atoms with Crippen LogP contribution in [-0.2, 0) is 6.54 Å². The molecule has 118 valence electrons. The zero-order chi connectivity index (χ0) is 16.4. The Kier molecular flexibility index (Phi) is 3.84. The molecule has 3 aromatic heterocycles. The molecule has 3 heterocycles. The molecule has 0 aliphatic carbocycles. The van der Waals surface area contributed by atoms with Crippen molar-refractivity contribution in [3.05, 3.63) is 59.6 Å². The van der Waals surface area contributed by atoms with Crippen LogP contribution in [0.1, 0.15) is 11.4 Å². The third kappa shape index (κ3) is 2.81. The highest BCUT2D eigenvalue weighted by molar-refractivity contribution is 7.13. The van der Waals surface area contributed by atoms with E-state index in [2.05, 4.69) is 36.5 Å². The van der Waals surface area contributed by atoms with Crippen molar-refractivity contribution in [3.8, 4) is 10.7 Å². The second kappa shape index (κ2) is 6.29. The van der Waals surface area contributed by atoms with Crippen molar-refractivity contribution in [3.63, 3.8) is 0 Å². The van der Waals surface area contributed by atoms with E-state index in [1.807, 2.05) is 30.5 Å². The number of aryl methyl sites for hydroxylation is 1. The monoisotopic (exact) mass is 334 g/mol. The number of rotatable bonds is 4. The Balaban J connectivity index is 1.56. The first-order chi connectivity index (χ1) is 11.8. The number of hydrogen-bond acceptors (Lipinski definition) is 7. The lowest BCUT2D eigenvalue weighted by Crippen LogP contribution is -2.04. The van der Waals surface area contributed by atoms with Gasteiger partial charge < -0.3 is 5.32 Å². The Hall–Kier alpha value is -2.93. The fourth-order valence-corrected chi connectivity index (χ4v) is 3.24. The van der Waals surface area contributed by atoms with Crippen LogP contribution in [0.2, 0.25) is 0 Å². The molecule has 0 saturated heterocycles. The van der Waals surface area contributed by atoms with Gasteiger partial charge in [-0.15, -0.1) is 16.4 Å². The first-order valence-corrected chi connectivity index (χ1v) is 8.36. The molecule has 6 nitrogen and oxygen atoms in total. The molecule has 0 radical (unpaired) electrons. The highest BCUT2D eigenvalue weighted by Gasteiger charge is 2.09. The number of fused-ring (bicyclic) bond motifs is 1. The molecule has 0 saturated carbocycles. The lowest BCUT2D eigenvalue weighted by molar-refractivity contribution is 0.973. The standard InChI is InChI=1S/C17H14N6S/c1-11-13-4-2-3-5-14(13)16(23-22-11)20-8-12-10-24-17(21-12)15-9-18-6-7-19-15/h2-7,9-10H,8H2,1H3,(H,20,23). The van der Waals surface area contributed by atoms with E-state index in [-0.39, 0.29) is 0 Å². The number of nitrogens with one attached hydrogen (secondary N) is 1. The van der Waals surface area contributed by atoms with Crippen LogP contribution < -0.4 is 5.32 Å². The predicted molar refractivity (Wildman–Crippen MR) is 94.7 cm³/mol. The number of benzene rings is 1. The molecule has 0 bridgehead atoms. The van der Waals surface area contributed by atoms with Crippen molar-refractivity contribution in [1.29, 1.82) is 0 Å². The van der Waals surface area contributed by atoms with Gasteiger partial charge in [0.25, 0.3) is 0 Å². The van der Waals surface area contributed by atoms with Crippen molar-refractivity contribution in [2.75, 3.05) is 5.32 Å². The Labute approximate surface area is 142 Å². The van der Waals surface area contributed by atoms with Crippen LogP contribution in [0.25, 0.3) is 21.5 Å². The molecule has 0 spiro atoms. The van der Waals surface area contributed by atoms with Crippen LogP contribution in [0.4, 0.5) is 5.82 Å². The van der Waals surface area contributed by atoms with Gasteiger partial charge in [-0.3, -0.25) is 9.97 Å². The quantitative estimate of drug-likeness (QED) is 0.616. The van der Waals surface area contributed by atoms with Gasteiger partial charge in [-0.05, 0) is 6.92 Å². The molecule has 0 atom stereocenters. The number of nitrogens with zero attached hydrogens (tertiary/aromatic N) is 5. The molecule has 0 amide bonds. The van der Waals surface area contributed by atoms with Gasteiger partial charge in [0, 0.05) is 28.5 Å². The van der Waals surface area contributed by atoms with Gasteiger partial charge >= 0.3 is 0 Å². The van der Waals surface area contributed by atoms with Crippen molar-refractivity contribution < 1.29 is 0 Å². The number of thiazole rings is 1. The molecule has 1 N–H and O–H groups in total. The Morgan fingerprint density at radius 1 is 1.08 bits per heavy atom. The zero-order valence-electron chi connectivity index (χ0n) is 13.0. The molecule has 0 aliphatic rings. The van der Waals surface area contributed by atoms with Gasteiger partial charge in [0.15, 0.2) is 5.82 Å². The van der Waals surface area contributed by atoms with Gasteiger partial charge in [0.2, 0.25) is 0 Å². The minimum absolute atomic E-state index is 0.582. The maximum absolute atomic E-state index is 4.60. The molecular formula is C17H14N6S. The molecule has 7 heteroatoms. The molecule has 0 aliphatic heterocycles. The lowest BCUT2D eigenvalue weighted by atomic mass is 10.1. The van der Waals surface area contributed by atoms with E-state index >= 15 is 0 Å². The van der Waals surface area contributed by atoms with E-state index < -0.39 is 0 Å². The van der Waals surface area contributed by atoms with Crippen molar-refractivity contribution in [2.45, 2.75) is 13.5 Å².